The van der Waals surface area contributed by atoms with Gasteiger partial charge >= 0.3 is 0 Å². The largest absolute Gasteiger partial charge is 0.481 e. The molecule has 2 atom stereocenters. The molecule has 9 nitrogen and oxygen atoms in total. The van der Waals surface area contributed by atoms with E-state index < -0.39 is 6.61 Å². The second kappa shape index (κ2) is 14.8. The van der Waals surface area contributed by atoms with Gasteiger partial charge in [-0.3, -0.25) is 14.6 Å². The van der Waals surface area contributed by atoms with Crippen LogP contribution < -0.4 is 9.47 Å². The maximum atomic E-state index is 12.5. The van der Waals surface area contributed by atoms with Gasteiger partial charge in [-0.25, -0.2) is 0 Å². The topological polar surface area (TPSA) is 91.3 Å². The summed E-state index contributed by atoms with van der Waals surface area (Å²) in [5.41, 5.74) is 3.34. The molecule has 1 amide bonds. The lowest BCUT2D eigenvalue weighted by Crippen LogP contribution is -2.67. The van der Waals surface area contributed by atoms with Crippen LogP contribution in [0.3, 0.4) is 0 Å². The number of nitrogens with zero attached hydrogens (tertiary/aromatic N) is 5. The molecule has 2 saturated heterocycles. The first-order valence-electron chi connectivity index (χ1n) is 13.4. The Hall–Kier alpha value is -2.95. The fourth-order valence-corrected chi connectivity index (χ4v) is 6.16. The molecule has 3 heterocycles. The number of carbonyl (C=O) groups is 1. The summed E-state index contributed by atoms with van der Waals surface area (Å²) in [6.45, 7) is 5.40. The summed E-state index contributed by atoms with van der Waals surface area (Å²) in [5, 5.41) is 9.55. The molecule has 11 heteroatoms. The van der Waals surface area contributed by atoms with Crippen LogP contribution in [0.1, 0.15) is 28.4 Å². The molecule has 0 radical (unpaired) electrons. The Labute approximate surface area is 254 Å². The molecule has 0 spiro atoms. The van der Waals surface area contributed by atoms with Gasteiger partial charge in [-0.2, -0.15) is 9.97 Å². The highest BCUT2D eigenvalue weighted by Crippen LogP contribution is 2.37. The number of ether oxygens (including phenoxy) is 2. The molecule has 2 fully saturated rings. The fraction of sp³-hybridized carbons (Fsp3) is 0.433. The van der Waals surface area contributed by atoms with Gasteiger partial charge in [0.25, 0.3) is 0 Å². The molecule has 0 aliphatic carbocycles. The third-order valence-electron chi connectivity index (χ3n) is 7.87. The Morgan fingerprint density at radius 3 is 1.98 bits per heavy atom. The zero-order chi connectivity index (χ0) is 27.4. The average Bonchev–Trinajstić information content (AvgIpc) is 2.98. The third kappa shape index (κ3) is 7.10. The van der Waals surface area contributed by atoms with E-state index in [4.69, 9.17) is 9.47 Å². The monoisotopic (exact) mass is 603 g/mol. The number of hydrogen-bond acceptors (Lipinski definition) is 8. The summed E-state index contributed by atoms with van der Waals surface area (Å²) in [5.74, 6) is 1.54. The normalized spacial score (nSPS) is 19.1. The van der Waals surface area contributed by atoms with Gasteiger partial charge in [0.15, 0.2) is 0 Å². The Morgan fingerprint density at radius 2 is 1.46 bits per heavy atom. The summed E-state index contributed by atoms with van der Waals surface area (Å²) < 4.78 is 11.3. The Kier molecular flexibility index (Phi) is 11.7. The van der Waals surface area contributed by atoms with E-state index in [-0.39, 0.29) is 48.7 Å². The number of rotatable bonds is 8. The van der Waals surface area contributed by atoms with Crippen LogP contribution in [0, 0.1) is 6.92 Å². The molecule has 2 aromatic carbocycles. The number of benzene rings is 2. The lowest BCUT2D eigenvalue weighted by molar-refractivity contribution is -0.139. The van der Waals surface area contributed by atoms with E-state index >= 15 is 0 Å². The summed E-state index contributed by atoms with van der Waals surface area (Å²) in [6.07, 6.45) is 0. The van der Waals surface area contributed by atoms with E-state index in [0.29, 0.717) is 37.2 Å². The number of amides is 1. The number of fused-ring (bicyclic) bond motifs is 1. The summed E-state index contributed by atoms with van der Waals surface area (Å²) in [4.78, 5) is 28.2. The molecule has 41 heavy (non-hydrogen) atoms. The Morgan fingerprint density at radius 1 is 0.902 bits per heavy atom. The van der Waals surface area contributed by atoms with Crippen LogP contribution >= 0.6 is 24.8 Å². The van der Waals surface area contributed by atoms with Crippen molar-refractivity contribution in [3.63, 3.8) is 0 Å². The van der Waals surface area contributed by atoms with Gasteiger partial charge in [0, 0.05) is 57.3 Å². The molecule has 0 saturated carbocycles. The molecule has 3 aromatic rings. The van der Waals surface area contributed by atoms with Crippen LogP contribution in [-0.4, -0.2) is 101 Å². The molecule has 2 aliphatic heterocycles. The van der Waals surface area contributed by atoms with E-state index in [1.54, 1.807) is 19.1 Å². The number of carbonyl (C=O) groups excluding carboxylic acids is 1. The molecule has 0 unspecified atom stereocenters. The van der Waals surface area contributed by atoms with E-state index in [9.17, 15) is 9.90 Å². The second-order valence-corrected chi connectivity index (χ2v) is 10.2. The van der Waals surface area contributed by atoms with Crippen LogP contribution in [0.4, 0.5) is 0 Å². The summed E-state index contributed by atoms with van der Waals surface area (Å²) in [7, 11) is 3.23. The predicted octanol–water partition coefficient (Wildman–Crippen LogP) is 3.17. The molecule has 222 valence electrons. The molecule has 5 rings (SSSR count). The highest BCUT2D eigenvalue weighted by Gasteiger charge is 2.43. The van der Waals surface area contributed by atoms with Crippen molar-refractivity contribution in [2.24, 2.45) is 0 Å². The van der Waals surface area contributed by atoms with Gasteiger partial charge < -0.3 is 19.5 Å². The van der Waals surface area contributed by atoms with E-state index in [1.807, 2.05) is 6.92 Å². The highest BCUT2D eigenvalue weighted by molar-refractivity contribution is 5.85. The standard InChI is InChI=1S/C30H37N5O4.2ClH/c1-21-31-29(38-2)25(30(32-21)39-3)18-33-16-24-17-34(27(37)20-36)14-15-35(24)26(19-33)28(22-10-6-4-7-11-22)23-12-8-5-9-13-23;;/h4-13,24,26,28,36H,14-20H2,1-3H3;2*1H/t24-,26+;;/m1../s1. The van der Waals surface area contributed by atoms with Crippen LogP contribution in [0.5, 0.6) is 11.8 Å². The number of aromatic nitrogens is 2. The number of aliphatic hydroxyl groups is 1. The van der Waals surface area contributed by atoms with Crippen molar-refractivity contribution in [3.8, 4) is 11.8 Å². The van der Waals surface area contributed by atoms with E-state index in [1.165, 1.54) is 11.1 Å². The fourth-order valence-electron chi connectivity index (χ4n) is 6.16. The Balaban J connectivity index is 0.00000231. The summed E-state index contributed by atoms with van der Waals surface area (Å²) in [6, 6.07) is 21.6. The van der Waals surface area contributed by atoms with Crippen molar-refractivity contribution in [1.29, 1.82) is 0 Å². The van der Waals surface area contributed by atoms with Crippen molar-refractivity contribution in [1.82, 2.24) is 24.7 Å². The third-order valence-corrected chi connectivity index (χ3v) is 7.87. The number of aliphatic hydroxyl groups excluding tert-OH is 1. The van der Waals surface area contributed by atoms with Crippen molar-refractivity contribution in [3.05, 3.63) is 83.2 Å². The SMILES string of the molecule is COc1nc(C)nc(OC)c1CN1C[C@@H]2CN(C(=O)CO)CCN2[C@H](C(c2ccccc2)c2ccccc2)C1.Cl.Cl. The quantitative estimate of drug-likeness (QED) is 0.420. The van der Waals surface area contributed by atoms with Crippen molar-refractivity contribution in [2.45, 2.75) is 31.5 Å². The van der Waals surface area contributed by atoms with Crippen LogP contribution in [0.2, 0.25) is 0 Å². The maximum absolute atomic E-state index is 12.5. The minimum atomic E-state index is -0.467. The number of piperazine rings is 2. The van der Waals surface area contributed by atoms with E-state index in [2.05, 4.69) is 80.4 Å². The molecular weight excluding hydrogens is 565 g/mol. The minimum Gasteiger partial charge on any atom is -0.481 e. The van der Waals surface area contributed by atoms with E-state index in [0.717, 1.165) is 25.2 Å². The second-order valence-electron chi connectivity index (χ2n) is 10.2. The number of aryl methyl sites for hydroxylation is 1. The zero-order valence-electron chi connectivity index (χ0n) is 23.7. The molecular formula is C30H39Cl2N5O4. The van der Waals surface area contributed by atoms with Gasteiger partial charge in [0.1, 0.15) is 12.4 Å². The highest BCUT2D eigenvalue weighted by atomic mass is 35.5. The number of hydrogen-bond donors (Lipinski definition) is 1. The van der Waals surface area contributed by atoms with Gasteiger partial charge in [0.05, 0.1) is 19.8 Å². The minimum absolute atomic E-state index is 0. The Bertz CT molecular complexity index is 1210. The molecule has 1 N–H and O–H groups in total. The van der Waals surface area contributed by atoms with Crippen molar-refractivity contribution < 1.29 is 19.4 Å². The first-order chi connectivity index (χ1) is 19.0. The first-order valence-corrected chi connectivity index (χ1v) is 13.4. The smallest absolute Gasteiger partial charge is 0.248 e. The lowest BCUT2D eigenvalue weighted by Gasteiger charge is -2.53. The maximum Gasteiger partial charge on any atom is 0.248 e. The summed E-state index contributed by atoms with van der Waals surface area (Å²) >= 11 is 0. The molecule has 1 aromatic heterocycles. The molecule has 2 aliphatic rings. The van der Waals surface area contributed by atoms with Crippen molar-refractivity contribution >= 4 is 30.7 Å². The van der Waals surface area contributed by atoms with Gasteiger partial charge in [-0.05, 0) is 18.1 Å². The zero-order valence-corrected chi connectivity index (χ0v) is 25.3. The van der Waals surface area contributed by atoms with Gasteiger partial charge in [-0.1, -0.05) is 60.7 Å². The van der Waals surface area contributed by atoms with Gasteiger partial charge in [-0.15, -0.1) is 24.8 Å². The predicted molar refractivity (Wildman–Crippen MR) is 162 cm³/mol. The number of halogens is 2. The van der Waals surface area contributed by atoms with Gasteiger partial charge in [0.2, 0.25) is 17.7 Å². The van der Waals surface area contributed by atoms with Crippen LogP contribution in [0.25, 0.3) is 0 Å². The average molecular weight is 605 g/mol. The lowest BCUT2D eigenvalue weighted by atomic mass is 9.81. The van der Waals surface area contributed by atoms with Crippen LogP contribution in [-0.2, 0) is 11.3 Å². The first kappa shape index (κ1) is 32.6. The van der Waals surface area contributed by atoms with Crippen LogP contribution in [0.15, 0.2) is 60.7 Å². The molecule has 0 bridgehead atoms. The number of methoxy groups -OCH3 is 2. The van der Waals surface area contributed by atoms with Crippen molar-refractivity contribution in [2.75, 3.05) is 53.6 Å².